The zero-order valence-corrected chi connectivity index (χ0v) is 18.9. The molecule has 0 aliphatic heterocycles. The summed E-state index contributed by atoms with van der Waals surface area (Å²) in [5, 5.41) is 12.0. The summed E-state index contributed by atoms with van der Waals surface area (Å²) in [6.07, 6.45) is 0. The van der Waals surface area contributed by atoms with E-state index >= 15 is 0 Å². The summed E-state index contributed by atoms with van der Waals surface area (Å²) in [6.45, 7) is 2.81. The predicted octanol–water partition coefficient (Wildman–Crippen LogP) is 4.21. The largest absolute Gasteiger partial charge is 0.490 e. The number of benzene rings is 2. The van der Waals surface area contributed by atoms with Crippen LogP contribution in [0.5, 0.6) is 11.5 Å². The Morgan fingerprint density at radius 3 is 1.44 bits per heavy atom. The number of hydrogen-bond donors (Lipinski definition) is 0. The monoisotopic (exact) mass is 470 g/mol. The molecule has 0 aliphatic rings. The van der Waals surface area contributed by atoms with E-state index in [1.54, 1.807) is 0 Å². The average Bonchev–Trinajstić information content (AvgIpc) is 3.56. The Bertz CT molecular complexity index is 976. The molecular weight excluding hydrogens is 448 g/mol. The number of rotatable bonds is 13. The molecule has 0 saturated carbocycles. The van der Waals surface area contributed by atoms with Gasteiger partial charge in [-0.15, -0.1) is 10.2 Å². The fourth-order valence-electron chi connectivity index (χ4n) is 2.92. The summed E-state index contributed by atoms with van der Waals surface area (Å²) in [5.41, 5.74) is 3.48. The van der Waals surface area contributed by atoms with Crippen molar-refractivity contribution in [3.05, 3.63) is 59.3 Å². The second kappa shape index (κ2) is 12.2. The van der Waals surface area contributed by atoms with Gasteiger partial charge in [0.05, 0.1) is 26.4 Å². The van der Waals surface area contributed by atoms with Gasteiger partial charge in [-0.2, -0.15) is 0 Å². The molecule has 0 aliphatic carbocycles. The third-order valence-electron chi connectivity index (χ3n) is 4.39. The zero-order chi connectivity index (χ0) is 21.8. The van der Waals surface area contributed by atoms with Crippen LogP contribution in [0.4, 0.5) is 0 Å². The van der Waals surface area contributed by atoms with Gasteiger partial charge < -0.3 is 18.9 Å². The van der Waals surface area contributed by atoms with Gasteiger partial charge in [0.25, 0.3) is 0 Å². The average molecular weight is 471 g/mol. The smallest absolute Gasteiger partial charge is 0.128 e. The molecule has 10 heteroatoms. The highest BCUT2D eigenvalue weighted by Crippen LogP contribution is 2.29. The summed E-state index contributed by atoms with van der Waals surface area (Å²) in [7, 11) is 0. The fourth-order valence-corrected chi connectivity index (χ4v) is 3.83. The number of aromatic nitrogens is 4. The van der Waals surface area contributed by atoms with E-state index < -0.39 is 0 Å². The maximum Gasteiger partial charge on any atom is 0.128 e. The van der Waals surface area contributed by atoms with Crippen molar-refractivity contribution in [3.63, 3.8) is 0 Å². The van der Waals surface area contributed by atoms with Gasteiger partial charge in [0.2, 0.25) is 0 Å². The summed E-state index contributed by atoms with van der Waals surface area (Å²) in [5.74, 6) is 1.54. The number of para-hydroxylation sites is 2. The van der Waals surface area contributed by atoms with Crippen molar-refractivity contribution in [3.8, 4) is 34.0 Å². The molecule has 0 fully saturated rings. The molecule has 0 N–H and O–H groups in total. The van der Waals surface area contributed by atoms with Crippen molar-refractivity contribution in [1.29, 1.82) is 0 Å². The van der Waals surface area contributed by atoms with Crippen molar-refractivity contribution >= 4 is 23.1 Å². The molecule has 0 bridgehead atoms. The quantitative estimate of drug-likeness (QED) is 0.269. The van der Waals surface area contributed by atoms with Crippen molar-refractivity contribution in [1.82, 2.24) is 19.2 Å². The van der Waals surface area contributed by atoms with Gasteiger partial charge in [-0.3, -0.25) is 0 Å². The maximum absolute atomic E-state index is 5.84. The molecule has 4 rings (SSSR count). The van der Waals surface area contributed by atoms with E-state index in [9.17, 15) is 0 Å². The van der Waals surface area contributed by atoms with E-state index in [4.69, 9.17) is 18.9 Å². The van der Waals surface area contributed by atoms with Crippen molar-refractivity contribution in [2.24, 2.45) is 0 Å². The van der Waals surface area contributed by atoms with Crippen LogP contribution >= 0.6 is 23.1 Å². The van der Waals surface area contributed by atoms with Gasteiger partial charge in [-0.05, 0) is 47.3 Å². The Balaban J connectivity index is 1.08. The lowest BCUT2D eigenvalue weighted by atomic mass is 10.1. The van der Waals surface area contributed by atoms with Crippen LogP contribution in [0.3, 0.4) is 0 Å². The molecule has 32 heavy (non-hydrogen) atoms. The lowest BCUT2D eigenvalue weighted by Crippen LogP contribution is -2.13. The molecule has 0 amide bonds. The minimum atomic E-state index is 0.444. The predicted molar refractivity (Wildman–Crippen MR) is 123 cm³/mol. The van der Waals surface area contributed by atoms with Crippen molar-refractivity contribution < 1.29 is 18.9 Å². The zero-order valence-electron chi connectivity index (χ0n) is 17.3. The van der Waals surface area contributed by atoms with Crippen molar-refractivity contribution in [2.75, 3.05) is 39.6 Å². The Morgan fingerprint density at radius 2 is 1.00 bits per heavy atom. The Labute approximate surface area is 194 Å². The van der Waals surface area contributed by atoms with Gasteiger partial charge in [0.1, 0.15) is 36.1 Å². The Hall–Kier alpha value is -2.92. The van der Waals surface area contributed by atoms with Crippen molar-refractivity contribution in [2.45, 2.75) is 0 Å². The standard InChI is InChI=1S/C22H22N4O4S2/c1-3-7-21(17(5-1)19-15-31-25-23-19)29-13-11-27-9-10-28-12-14-30-22-8-4-2-6-18(22)20-16-32-26-24-20/h1-8,15-16H,9-14H2. The fraction of sp³-hybridized carbons (Fsp3) is 0.273. The van der Waals surface area contributed by atoms with E-state index in [2.05, 4.69) is 19.2 Å². The molecule has 2 aromatic carbocycles. The van der Waals surface area contributed by atoms with E-state index in [0.29, 0.717) is 39.6 Å². The minimum Gasteiger partial charge on any atom is -0.490 e. The second-order valence-corrected chi connectivity index (χ2v) is 7.71. The third kappa shape index (κ3) is 6.30. The molecule has 0 saturated heterocycles. The Morgan fingerprint density at radius 1 is 0.562 bits per heavy atom. The van der Waals surface area contributed by atoms with Gasteiger partial charge in [0, 0.05) is 21.9 Å². The van der Waals surface area contributed by atoms with Crippen LogP contribution in [0.1, 0.15) is 0 Å². The van der Waals surface area contributed by atoms with Crippen LogP contribution in [0, 0.1) is 0 Å². The van der Waals surface area contributed by atoms with Crippen LogP contribution in [-0.4, -0.2) is 58.8 Å². The SMILES string of the molecule is c1ccc(-c2csnn2)c(OCCOCCOCCOc2ccccc2-c2csnn2)c1. The third-order valence-corrected chi connectivity index (χ3v) is 5.40. The molecule has 0 atom stereocenters. The second-order valence-electron chi connectivity index (χ2n) is 6.49. The minimum absolute atomic E-state index is 0.444. The van der Waals surface area contributed by atoms with Gasteiger partial charge >= 0.3 is 0 Å². The highest BCUT2D eigenvalue weighted by Gasteiger charge is 2.09. The molecule has 8 nitrogen and oxygen atoms in total. The summed E-state index contributed by atoms with van der Waals surface area (Å²) in [6, 6.07) is 15.5. The van der Waals surface area contributed by atoms with Gasteiger partial charge in [-0.25, -0.2) is 0 Å². The number of nitrogens with zero attached hydrogens (tertiary/aromatic N) is 4. The van der Waals surface area contributed by atoms with E-state index in [0.717, 1.165) is 34.0 Å². The lowest BCUT2D eigenvalue weighted by molar-refractivity contribution is 0.0274. The van der Waals surface area contributed by atoms with Crippen LogP contribution in [0.2, 0.25) is 0 Å². The summed E-state index contributed by atoms with van der Waals surface area (Å²) < 4.78 is 30.7. The molecule has 0 radical (unpaired) electrons. The highest BCUT2D eigenvalue weighted by molar-refractivity contribution is 7.03. The van der Waals surface area contributed by atoms with Crippen LogP contribution in [0.15, 0.2) is 59.3 Å². The highest BCUT2D eigenvalue weighted by atomic mass is 32.1. The first-order chi connectivity index (χ1) is 15.9. The van der Waals surface area contributed by atoms with E-state index in [1.807, 2.05) is 59.3 Å². The van der Waals surface area contributed by atoms with Crippen LogP contribution in [0.25, 0.3) is 22.5 Å². The molecule has 2 aromatic heterocycles. The normalized spacial score (nSPS) is 10.9. The maximum atomic E-state index is 5.84. The molecular formula is C22H22N4O4S2. The van der Waals surface area contributed by atoms with Crippen LogP contribution in [-0.2, 0) is 9.47 Å². The van der Waals surface area contributed by atoms with Gasteiger partial charge in [0.15, 0.2) is 0 Å². The van der Waals surface area contributed by atoms with E-state index in [1.165, 1.54) is 23.1 Å². The first-order valence-corrected chi connectivity index (χ1v) is 11.7. The Kier molecular flexibility index (Phi) is 8.50. The number of ether oxygens (including phenoxy) is 4. The molecule has 2 heterocycles. The summed E-state index contributed by atoms with van der Waals surface area (Å²) in [4.78, 5) is 0. The van der Waals surface area contributed by atoms with E-state index in [-0.39, 0.29) is 0 Å². The lowest BCUT2D eigenvalue weighted by Gasteiger charge is -2.11. The first-order valence-electron chi connectivity index (χ1n) is 10.1. The first kappa shape index (κ1) is 22.3. The van der Waals surface area contributed by atoms with Crippen LogP contribution < -0.4 is 9.47 Å². The molecule has 0 spiro atoms. The molecule has 0 unspecified atom stereocenters. The van der Waals surface area contributed by atoms with Gasteiger partial charge in [-0.1, -0.05) is 33.2 Å². The number of hydrogen-bond acceptors (Lipinski definition) is 10. The topological polar surface area (TPSA) is 88.5 Å². The molecule has 166 valence electrons. The molecule has 4 aromatic rings. The summed E-state index contributed by atoms with van der Waals surface area (Å²) >= 11 is 2.63.